The molecule has 4 nitrogen and oxygen atoms in total. The molecular weight excluding hydrogens is 938 g/mol. The minimum Gasteiger partial charge on any atom is -0.507 e. The number of aromatic hydroxyl groups is 1. The fourth-order valence-corrected chi connectivity index (χ4v) is 8.45. The molecule has 1 N–H and O–H groups in total. The first-order valence-electron chi connectivity index (χ1n) is 22.6. The smallest absolute Gasteiger partial charge is 0.148 e. The first kappa shape index (κ1) is 39.0. The third-order valence-electron chi connectivity index (χ3n) is 12.0. The van der Waals surface area contributed by atoms with Gasteiger partial charge in [-0.15, -0.1) is 29.3 Å². The summed E-state index contributed by atoms with van der Waals surface area (Å²) in [4.78, 5) is 10.4. The van der Waals surface area contributed by atoms with Crippen molar-refractivity contribution in [3.05, 3.63) is 168 Å². The molecule has 0 bridgehead atoms. The van der Waals surface area contributed by atoms with Crippen molar-refractivity contribution in [2.75, 3.05) is 0 Å². The first-order chi connectivity index (χ1) is 30.2. The quantitative estimate of drug-likeness (QED) is 0.138. The van der Waals surface area contributed by atoms with Crippen LogP contribution in [0, 0.1) is 12.9 Å². The largest absolute Gasteiger partial charge is 0.507 e. The summed E-state index contributed by atoms with van der Waals surface area (Å²) < 4.78 is 28.9. The van der Waals surface area contributed by atoms with E-state index in [-0.39, 0.29) is 43.2 Å². The van der Waals surface area contributed by atoms with Gasteiger partial charge in [0.1, 0.15) is 11.6 Å². The minimum absolute atomic E-state index is 0. The molecule has 9 aromatic rings. The molecule has 0 saturated heterocycles. The number of pyridine rings is 1. The van der Waals surface area contributed by atoms with Crippen molar-refractivity contribution in [1.82, 2.24) is 14.5 Å². The number of para-hydroxylation sites is 1. The summed E-state index contributed by atoms with van der Waals surface area (Å²) in [5, 5.41) is 16.3. The van der Waals surface area contributed by atoms with Crippen LogP contribution in [-0.4, -0.2) is 19.6 Å². The van der Waals surface area contributed by atoms with Crippen LogP contribution in [0.5, 0.6) is 5.75 Å². The number of aryl methyl sites for hydroxylation is 1. The summed E-state index contributed by atoms with van der Waals surface area (Å²) >= 11 is 0. The molecule has 7 aromatic carbocycles. The van der Waals surface area contributed by atoms with E-state index in [0.717, 1.165) is 71.7 Å². The molecule has 62 heavy (non-hydrogen) atoms. The second kappa shape index (κ2) is 15.8. The molecule has 2 aromatic heterocycles. The molecule has 314 valence electrons. The van der Waals surface area contributed by atoms with Gasteiger partial charge in [0.15, 0.2) is 0 Å². The number of aromatic nitrogens is 3. The fourth-order valence-electron chi connectivity index (χ4n) is 8.45. The average molecular weight is 995 g/mol. The zero-order chi connectivity index (χ0) is 45.5. The molecule has 2 heterocycles. The second-order valence-electron chi connectivity index (χ2n) is 19.5. The van der Waals surface area contributed by atoms with E-state index < -0.39 is 12.3 Å². The number of imidazole rings is 1. The first-order valence-corrected chi connectivity index (χ1v) is 21.1. The molecule has 5 heteroatoms. The number of fused-ring (bicyclic) bond motifs is 4. The van der Waals surface area contributed by atoms with Gasteiger partial charge in [-0.25, -0.2) is 4.98 Å². The van der Waals surface area contributed by atoms with Crippen LogP contribution in [0.15, 0.2) is 140 Å². The maximum Gasteiger partial charge on any atom is 0.148 e. The Labute approximate surface area is 385 Å². The number of phenolic OH excluding ortho intramolecular Hbond substituents is 1. The van der Waals surface area contributed by atoms with Gasteiger partial charge >= 0.3 is 0 Å². The Morgan fingerprint density at radius 1 is 0.597 bits per heavy atom. The second-order valence-corrected chi connectivity index (χ2v) is 19.5. The number of benzene rings is 7. The number of phenols is 1. The van der Waals surface area contributed by atoms with Crippen molar-refractivity contribution in [3.8, 4) is 56.3 Å². The summed E-state index contributed by atoms with van der Waals surface area (Å²) in [6.07, 6.45) is 1.85. The van der Waals surface area contributed by atoms with E-state index in [4.69, 9.17) is 14.1 Å². The third kappa shape index (κ3) is 7.79. The van der Waals surface area contributed by atoms with Crippen molar-refractivity contribution < 1.29 is 30.3 Å². The van der Waals surface area contributed by atoms with E-state index in [0.29, 0.717) is 28.1 Å². The number of rotatable bonds is 5. The molecule has 0 spiro atoms. The Balaban J connectivity index is 0.00000576. The molecule has 0 saturated carbocycles. The van der Waals surface area contributed by atoms with Gasteiger partial charge in [-0.2, -0.15) is 0 Å². The Bertz CT molecular complexity index is 3280. The van der Waals surface area contributed by atoms with Crippen LogP contribution >= 0.6 is 0 Å². The zero-order valence-electron chi connectivity index (χ0n) is 39.9. The predicted octanol–water partition coefficient (Wildman–Crippen LogP) is 15.1. The Morgan fingerprint density at radius 2 is 1.29 bits per heavy atom. The summed E-state index contributed by atoms with van der Waals surface area (Å²) in [5.41, 5.74) is 10.1. The molecule has 0 unspecified atom stereocenters. The zero-order valence-corrected chi connectivity index (χ0v) is 39.2. The molecule has 0 fully saturated rings. The van der Waals surface area contributed by atoms with Gasteiger partial charge in [0, 0.05) is 42.6 Å². The molecule has 0 amide bonds. The molecule has 0 radical (unpaired) electrons. The summed E-state index contributed by atoms with van der Waals surface area (Å²) in [7, 11) is 0. The maximum atomic E-state index is 12.5. The van der Waals surface area contributed by atoms with Crippen LogP contribution in [0.2, 0.25) is 0 Å². The summed E-state index contributed by atoms with van der Waals surface area (Å²) in [5.74, 6) is 0.569. The van der Waals surface area contributed by atoms with E-state index in [1.807, 2.05) is 83.6 Å². The Kier molecular flexibility index (Phi) is 9.96. The molecule has 0 aliphatic heterocycles. The van der Waals surface area contributed by atoms with Crippen LogP contribution in [0.3, 0.4) is 0 Å². The molecule has 9 rings (SSSR count). The van der Waals surface area contributed by atoms with Gasteiger partial charge in [0.25, 0.3) is 0 Å². The SMILES string of the molecule is [2H]C([2H])([2H])c1cc2ccc3ccccc3c2cc1-n1c(-c2cc(C(C)(C)C)cc(C(C)(C)C)c2O)nc2c(-c3[c-]c(-c4cc(-c5ccccc5)ccn4)cc(C(C)(C)C)c3)cccc21.[Pt]. The van der Waals surface area contributed by atoms with Gasteiger partial charge in [-0.05, 0) is 97.2 Å². The van der Waals surface area contributed by atoms with Gasteiger partial charge < -0.3 is 5.11 Å². The van der Waals surface area contributed by atoms with E-state index >= 15 is 0 Å². The van der Waals surface area contributed by atoms with E-state index in [1.54, 1.807) is 6.07 Å². The molecule has 0 atom stereocenters. The topological polar surface area (TPSA) is 50.9 Å². The average Bonchev–Trinajstić information content (AvgIpc) is 3.64. The Hall–Kier alpha value is -5.83. The van der Waals surface area contributed by atoms with Crippen molar-refractivity contribution in [2.24, 2.45) is 0 Å². The van der Waals surface area contributed by atoms with Crippen LogP contribution in [0.25, 0.3) is 83.2 Å². The molecule has 0 aliphatic carbocycles. The molecule has 0 aliphatic rings. The van der Waals surface area contributed by atoms with Gasteiger partial charge in [-0.3, -0.25) is 9.55 Å². The Morgan fingerprint density at radius 3 is 2.02 bits per heavy atom. The van der Waals surface area contributed by atoms with Crippen LogP contribution in [0.4, 0.5) is 0 Å². The monoisotopic (exact) mass is 994 g/mol. The van der Waals surface area contributed by atoms with Gasteiger partial charge in [-0.1, -0.05) is 164 Å². The third-order valence-corrected chi connectivity index (χ3v) is 12.0. The van der Waals surface area contributed by atoms with E-state index in [2.05, 4.69) is 123 Å². The molecular formula is C57H54N3OPt-. The summed E-state index contributed by atoms with van der Waals surface area (Å²) in [6.45, 7) is 16.9. The number of hydrogen-bond donors (Lipinski definition) is 1. The summed E-state index contributed by atoms with van der Waals surface area (Å²) in [6, 6.07) is 48.8. The minimum atomic E-state index is -2.49. The van der Waals surface area contributed by atoms with Crippen molar-refractivity contribution in [3.63, 3.8) is 0 Å². The van der Waals surface area contributed by atoms with E-state index in [9.17, 15) is 5.11 Å². The van der Waals surface area contributed by atoms with Crippen molar-refractivity contribution >= 4 is 32.6 Å². The maximum absolute atomic E-state index is 12.5. The van der Waals surface area contributed by atoms with Crippen molar-refractivity contribution in [1.29, 1.82) is 0 Å². The number of nitrogens with zero attached hydrogens (tertiary/aromatic N) is 3. The standard InChI is InChI=1S/C57H54N3O.Pt/c1-35-27-39-24-23-37-19-14-15-20-44(37)46(39)34-51(35)60-50-22-16-21-45(52(50)59-54(60)47-32-43(56(5,6)7)33-48(53(47)61)57(8,9)10)40-28-41(30-42(29-40)55(2,3)4)49-31-38(25-26-58-49)36-17-12-11-13-18-36;/h11-27,29-34,61H,1-10H3;/q-1;/i1D3;. The van der Waals surface area contributed by atoms with Crippen LogP contribution < -0.4 is 0 Å². The van der Waals surface area contributed by atoms with Gasteiger partial charge in [0.05, 0.1) is 22.3 Å². The van der Waals surface area contributed by atoms with E-state index in [1.165, 1.54) is 0 Å². The van der Waals surface area contributed by atoms with Crippen molar-refractivity contribution in [2.45, 2.75) is 85.4 Å². The fraction of sp³-hybridized carbons (Fsp3) is 0.228. The number of hydrogen-bond acceptors (Lipinski definition) is 3. The predicted molar refractivity (Wildman–Crippen MR) is 257 cm³/mol. The van der Waals surface area contributed by atoms with Crippen LogP contribution in [-0.2, 0) is 37.3 Å². The van der Waals surface area contributed by atoms with Crippen LogP contribution in [0.1, 0.15) is 88.7 Å². The normalized spacial score (nSPS) is 13.2. The van der Waals surface area contributed by atoms with Gasteiger partial charge in [0.2, 0.25) is 0 Å².